The second-order valence-electron chi connectivity index (χ2n) is 3.91. The molecular weight excluding hydrogens is 213 g/mol. The Labute approximate surface area is 101 Å². The molecule has 0 fully saturated rings. The second kappa shape index (κ2) is 6.04. The highest BCUT2D eigenvalue weighted by Crippen LogP contribution is 2.09. The van der Waals surface area contributed by atoms with E-state index in [4.69, 9.17) is 0 Å². The van der Waals surface area contributed by atoms with E-state index in [2.05, 4.69) is 11.4 Å². The van der Waals surface area contributed by atoms with Gasteiger partial charge in [0.1, 0.15) is 5.82 Å². The monoisotopic (exact) mass is 228 g/mol. The summed E-state index contributed by atoms with van der Waals surface area (Å²) in [5, 5.41) is 3.29. The van der Waals surface area contributed by atoms with E-state index in [0.29, 0.717) is 0 Å². The van der Waals surface area contributed by atoms with Crippen LogP contribution in [0.5, 0.6) is 0 Å². The largest absolute Gasteiger partial charge is 0.385 e. The van der Waals surface area contributed by atoms with Crippen molar-refractivity contribution in [1.82, 2.24) is 0 Å². The Morgan fingerprint density at radius 3 is 2.59 bits per heavy atom. The number of nitrogens with one attached hydrogen (secondary N) is 1. The van der Waals surface area contributed by atoms with Gasteiger partial charge in [-0.2, -0.15) is 0 Å². The van der Waals surface area contributed by atoms with Crippen LogP contribution in [0, 0.1) is 11.9 Å². The van der Waals surface area contributed by atoms with Gasteiger partial charge in [-0.1, -0.05) is 30.3 Å². The first-order valence-corrected chi connectivity index (χ1v) is 5.79. The van der Waals surface area contributed by atoms with Crippen molar-refractivity contribution < 1.29 is 4.39 Å². The lowest BCUT2D eigenvalue weighted by molar-refractivity contribution is 0.606. The van der Waals surface area contributed by atoms with Gasteiger partial charge in [0.25, 0.3) is 0 Å². The van der Waals surface area contributed by atoms with Crippen molar-refractivity contribution in [2.75, 3.05) is 11.9 Å². The second-order valence-corrected chi connectivity index (χ2v) is 3.91. The Morgan fingerprint density at radius 2 is 1.82 bits per heavy atom. The summed E-state index contributed by atoms with van der Waals surface area (Å²) in [6.45, 7) is 0.846. The molecule has 17 heavy (non-hydrogen) atoms. The smallest absolute Gasteiger partial charge is 0.126 e. The summed E-state index contributed by atoms with van der Waals surface area (Å²) >= 11 is 0. The van der Waals surface area contributed by atoms with Gasteiger partial charge in [-0.05, 0) is 42.7 Å². The van der Waals surface area contributed by atoms with E-state index in [-0.39, 0.29) is 5.82 Å². The number of aryl methyl sites for hydroxylation is 1. The SMILES string of the molecule is Fc1ccccc1CCCNc1cc[c]cc1. The summed E-state index contributed by atoms with van der Waals surface area (Å²) in [6.07, 6.45) is 1.68. The van der Waals surface area contributed by atoms with Crippen LogP contribution in [0.15, 0.2) is 48.5 Å². The lowest BCUT2D eigenvalue weighted by Gasteiger charge is -2.06. The predicted molar refractivity (Wildman–Crippen MR) is 68.5 cm³/mol. The van der Waals surface area contributed by atoms with Crippen molar-refractivity contribution in [2.45, 2.75) is 12.8 Å². The number of anilines is 1. The molecule has 0 aromatic heterocycles. The van der Waals surface area contributed by atoms with Crippen LogP contribution in [-0.2, 0) is 6.42 Å². The Balaban J connectivity index is 1.76. The molecular formula is C15H15FN. The minimum Gasteiger partial charge on any atom is -0.385 e. The zero-order valence-corrected chi connectivity index (χ0v) is 9.62. The number of halogens is 1. The van der Waals surface area contributed by atoms with Crippen molar-refractivity contribution in [3.05, 3.63) is 66.0 Å². The zero-order chi connectivity index (χ0) is 11.9. The minimum atomic E-state index is -0.109. The highest BCUT2D eigenvalue weighted by Gasteiger charge is 1.99. The van der Waals surface area contributed by atoms with Gasteiger partial charge >= 0.3 is 0 Å². The predicted octanol–water partition coefficient (Wildman–Crippen LogP) is 3.67. The number of hydrogen-bond donors (Lipinski definition) is 1. The maximum Gasteiger partial charge on any atom is 0.126 e. The zero-order valence-electron chi connectivity index (χ0n) is 9.62. The third kappa shape index (κ3) is 3.59. The summed E-state index contributed by atoms with van der Waals surface area (Å²) in [6, 6.07) is 17.6. The van der Waals surface area contributed by atoms with Crippen LogP contribution in [0.4, 0.5) is 10.1 Å². The molecule has 2 aromatic rings. The fourth-order valence-corrected chi connectivity index (χ4v) is 1.72. The average Bonchev–Trinajstić information content (AvgIpc) is 2.38. The molecule has 2 rings (SSSR count). The van der Waals surface area contributed by atoms with Gasteiger partial charge in [-0.25, -0.2) is 4.39 Å². The highest BCUT2D eigenvalue weighted by atomic mass is 19.1. The molecule has 0 amide bonds. The van der Waals surface area contributed by atoms with E-state index in [0.717, 1.165) is 30.6 Å². The summed E-state index contributed by atoms with van der Waals surface area (Å²) in [5.41, 5.74) is 1.87. The van der Waals surface area contributed by atoms with Crippen molar-refractivity contribution in [3.8, 4) is 0 Å². The topological polar surface area (TPSA) is 12.0 Å². The molecule has 0 aliphatic rings. The van der Waals surface area contributed by atoms with Crippen LogP contribution >= 0.6 is 0 Å². The maximum absolute atomic E-state index is 13.3. The third-order valence-corrected chi connectivity index (χ3v) is 2.63. The van der Waals surface area contributed by atoms with Crippen LogP contribution in [0.2, 0.25) is 0 Å². The Morgan fingerprint density at radius 1 is 1.06 bits per heavy atom. The number of rotatable bonds is 5. The average molecular weight is 228 g/mol. The van der Waals surface area contributed by atoms with Crippen LogP contribution in [0.3, 0.4) is 0 Å². The van der Waals surface area contributed by atoms with E-state index in [1.165, 1.54) is 6.07 Å². The molecule has 0 atom stereocenters. The first kappa shape index (κ1) is 11.6. The van der Waals surface area contributed by atoms with E-state index in [1.807, 2.05) is 36.4 Å². The summed E-state index contributed by atoms with van der Waals surface area (Å²) in [4.78, 5) is 0. The summed E-state index contributed by atoms with van der Waals surface area (Å²) in [5.74, 6) is -0.109. The quantitative estimate of drug-likeness (QED) is 0.770. The van der Waals surface area contributed by atoms with Gasteiger partial charge in [-0.3, -0.25) is 0 Å². The van der Waals surface area contributed by atoms with Crippen molar-refractivity contribution in [3.63, 3.8) is 0 Å². The van der Waals surface area contributed by atoms with Gasteiger partial charge in [0.2, 0.25) is 0 Å². The molecule has 2 heteroatoms. The minimum absolute atomic E-state index is 0.109. The molecule has 0 spiro atoms. The molecule has 0 aliphatic carbocycles. The molecule has 0 saturated carbocycles. The van der Waals surface area contributed by atoms with E-state index >= 15 is 0 Å². The Bertz CT molecular complexity index is 453. The Hall–Kier alpha value is -1.83. The van der Waals surface area contributed by atoms with E-state index in [1.54, 1.807) is 6.07 Å². The first-order chi connectivity index (χ1) is 8.36. The van der Waals surface area contributed by atoms with E-state index in [9.17, 15) is 4.39 Å². The standard InChI is InChI=1S/C15H15FN/c16-15-11-5-4-7-13(15)8-6-12-17-14-9-2-1-3-10-14/h2-5,7,9-11,17H,6,8,12H2. The molecule has 1 radical (unpaired) electrons. The molecule has 0 bridgehead atoms. The fourth-order valence-electron chi connectivity index (χ4n) is 1.72. The fraction of sp³-hybridized carbons (Fsp3) is 0.200. The molecule has 1 nitrogen and oxygen atoms in total. The van der Waals surface area contributed by atoms with Crippen LogP contribution < -0.4 is 5.32 Å². The van der Waals surface area contributed by atoms with Gasteiger partial charge < -0.3 is 5.32 Å². The summed E-state index contributed by atoms with van der Waals surface area (Å²) < 4.78 is 13.3. The molecule has 0 heterocycles. The molecule has 0 unspecified atom stereocenters. The lowest BCUT2D eigenvalue weighted by atomic mass is 10.1. The number of hydrogen-bond acceptors (Lipinski definition) is 1. The lowest BCUT2D eigenvalue weighted by Crippen LogP contribution is -2.03. The van der Waals surface area contributed by atoms with Crippen LogP contribution in [0.1, 0.15) is 12.0 Å². The molecule has 0 saturated heterocycles. The maximum atomic E-state index is 13.3. The van der Waals surface area contributed by atoms with Gasteiger partial charge in [0.05, 0.1) is 0 Å². The van der Waals surface area contributed by atoms with Crippen LogP contribution in [-0.4, -0.2) is 6.54 Å². The molecule has 0 aliphatic heterocycles. The molecule has 1 N–H and O–H groups in total. The Kier molecular flexibility index (Phi) is 4.14. The summed E-state index contributed by atoms with van der Waals surface area (Å²) in [7, 11) is 0. The third-order valence-electron chi connectivity index (χ3n) is 2.63. The van der Waals surface area contributed by atoms with E-state index < -0.39 is 0 Å². The number of benzene rings is 2. The highest BCUT2D eigenvalue weighted by molar-refractivity contribution is 5.41. The molecule has 2 aromatic carbocycles. The molecule has 87 valence electrons. The van der Waals surface area contributed by atoms with Gasteiger partial charge in [0, 0.05) is 12.2 Å². The van der Waals surface area contributed by atoms with Crippen molar-refractivity contribution in [1.29, 1.82) is 0 Å². The van der Waals surface area contributed by atoms with Crippen LogP contribution in [0.25, 0.3) is 0 Å². The normalized spacial score (nSPS) is 10.2. The van der Waals surface area contributed by atoms with Crippen molar-refractivity contribution in [2.24, 2.45) is 0 Å². The van der Waals surface area contributed by atoms with Crippen molar-refractivity contribution >= 4 is 5.69 Å². The first-order valence-electron chi connectivity index (χ1n) is 5.79. The van der Waals surface area contributed by atoms with Gasteiger partial charge in [-0.15, -0.1) is 0 Å². The van der Waals surface area contributed by atoms with Gasteiger partial charge in [0.15, 0.2) is 0 Å².